The molecule has 0 aliphatic rings. The molecule has 0 amide bonds. The summed E-state index contributed by atoms with van der Waals surface area (Å²) < 4.78 is 33.2. The quantitative estimate of drug-likeness (QED) is 0.616. The number of nitrogens with zero attached hydrogens (tertiary/aromatic N) is 1. The molecule has 1 atom stereocenters. The van der Waals surface area contributed by atoms with Crippen molar-refractivity contribution in [3.05, 3.63) is 65.7 Å². The van der Waals surface area contributed by atoms with Crippen molar-refractivity contribution in [3.63, 3.8) is 0 Å². The molecule has 0 aromatic heterocycles. The summed E-state index contributed by atoms with van der Waals surface area (Å²) in [5.41, 5.74) is -0.165. The summed E-state index contributed by atoms with van der Waals surface area (Å²) in [5, 5.41) is 9.63. The number of benzene rings is 2. The van der Waals surface area contributed by atoms with Gasteiger partial charge in [0.2, 0.25) is 10.0 Å². The first-order valence-electron chi connectivity index (χ1n) is 9.06. The molecule has 0 heterocycles. The molecule has 0 spiro atoms. The van der Waals surface area contributed by atoms with Gasteiger partial charge in [0.25, 0.3) is 0 Å². The zero-order chi connectivity index (χ0) is 20.6. The number of ketones is 1. The Morgan fingerprint density at radius 2 is 1.75 bits per heavy atom. The van der Waals surface area contributed by atoms with Crippen molar-refractivity contribution in [2.75, 3.05) is 6.61 Å². The van der Waals surface area contributed by atoms with Crippen LogP contribution in [0.4, 0.5) is 0 Å². The van der Waals surface area contributed by atoms with Gasteiger partial charge in [-0.25, -0.2) is 8.42 Å². The molecule has 28 heavy (non-hydrogen) atoms. The zero-order valence-corrected chi connectivity index (χ0v) is 16.8. The molecule has 1 unspecified atom stereocenters. The van der Waals surface area contributed by atoms with Crippen LogP contribution >= 0.6 is 0 Å². The van der Waals surface area contributed by atoms with Crippen molar-refractivity contribution in [1.29, 1.82) is 5.26 Å². The maximum absolute atomic E-state index is 12.5. The molecule has 6 nitrogen and oxygen atoms in total. The monoisotopic (exact) mass is 400 g/mol. The van der Waals surface area contributed by atoms with Crippen LogP contribution in [0.1, 0.15) is 42.6 Å². The minimum atomic E-state index is -3.74. The number of ether oxygens (including phenoxy) is 1. The SMILES string of the molecule is CCC(=O)c1ccc(OCC(C#N)(CC)NS(=O)(=O)Cc2ccccc2)cc1. The van der Waals surface area contributed by atoms with E-state index in [4.69, 9.17) is 4.74 Å². The maximum Gasteiger partial charge on any atom is 0.217 e. The van der Waals surface area contributed by atoms with Crippen molar-refractivity contribution >= 4 is 15.8 Å². The van der Waals surface area contributed by atoms with Gasteiger partial charge in [0.15, 0.2) is 11.3 Å². The molecule has 148 valence electrons. The molecule has 7 heteroatoms. The molecular weight excluding hydrogens is 376 g/mol. The van der Waals surface area contributed by atoms with Gasteiger partial charge in [-0.15, -0.1) is 0 Å². The van der Waals surface area contributed by atoms with E-state index >= 15 is 0 Å². The first-order chi connectivity index (χ1) is 13.3. The fourth-order valence-electron chi connectivity index (χ4n) is 2.61. The Kier molecular flexibility index (Phi) is 7.32. The fraction of sp³-hybridized carbons (Fsp3) is 0.333. The van der Waals surface area contributed by atoms with Gasteiger partial charge in [-0.05, 0) is 36.2 Å². The van der Waals surface area contributed by atoms with E-state index in [9.17, 15) is 18.5 Å². The third kappa shape index (κ3) is 5.91. The van der Waals surface area contributed by atoms with Crippen LogP contribution in [-0.2, 0) is 15.8 Å². The van der Waals surface area contributed by atoms with Gasteiger partial charge >= 0.3 is 0 Å². The summed E-state index contributed by atoms with van der Waals surface area (Å²) in [5.74, 6) is 0.272. The highest BCUT2D eigenvalue weighted by Crippen LogP contribution is 2.19. The first kappa shape index (κ1) is 21.6. The molecular formula is C21H24N2O4S. The van der Waals surface area contributed by atoms with E-state index in [1.54, 1.807) is 62.4 Å². The van der Waals surface area contributed by atoms with Crippen LogP contribution in [0.15, 0.2) is 54.6 Å². The normalized spacial score (nSPS) is 13.3. The average molecular weight is 401 g/mol. The van der Waals surface area contributed by atoms with Gasteiger partial charge in [-0.2, -0.15) is 9.98 Å². The number of sulfonamides is 1. The lowest BCUT2D eigenvalue weighted by Gasteiger charge is -2.26. The Bertz CT molecular complexity index is 935. The topological polar surface area (TPSA) is 96.3 Å². The fourth-order valence-corrected chi connectivity index (χ4v) is 4.16. The summed E-state index contributed by atoms with van der Waals surface area (Å²) >= 11 is 0. The Morgan fingerprint density at radius 3 is 2.29 bits per heavy atom. The second-order valence-electron chi connectivity index (χ2n) is 6.48. The second kappa shape index (κ2) is 9.49. The number of carbonyl (C=O) groups is 1. The van der Waals surface area contributed by atoms with Gasteiger partial charge in [0, 0.05) is 12.0 Å². The summed E-state index contributed by atoms with van der Waals surface area (Å²) in [6.07, 6.45) is 0.653. The molecule has 0 bridgehead atoms. The molecule has 2 aromatic rings. The number of Topliss-reactive ketones (excluding diaryl/α,β-unsaturated/α-hetero) is 1. The predicted octanol–water partition coefficient (Wildman–Crippen LogP) is 3.45. The molecule has 0 radical (unpaired) electrons. The molecule has 0 saturated carbocycles. The minimum Gasteiger partial charge on any atom is -0.491 e. The second-order valence-corrected chi connectivity index (χ2v) is 8.21. The third-order valence-electron chi connectivity index (χ3n) is 4.35. The molecule has 0 fully saturated rings. The standard InChI is InChI=1S/C21H24N2O4S/c1-3-20(24)18-10-12-19(13-11-18)27-16-21(4-2,15-22)23-28(25,26)14-17-8-6-5-7-9-17/h5-13,23H,3-4,14,16H2,1-2H3. The summed E-state index contributed by atoms with van der Waals surface area (Å²) in [4.78, 5) is 11.7. The van der Waals surface area contributed by atoms with Crippen LogP contribution in [0, 0.1) is 11.3 Å². The van der Waals surface area contributed by atoms with Crippen molar-refractivity contribution in [2.45, 2.75) is 38.0 Å². The van der Waals surface area contributed by atoms with E-state index in [0.29, 0.717) is 23.3 Å². The zero-order valence-electron chi connectivity index (χ0n) is 16.0. The van der Waals surface area contributed by atoms with Crippen molar-refractivity contribution in [1.82, 2.24) is 4.72 Å². The lowest BCUT2D eigenvalue weighted by molar-refractivity contribution is 0.0988. The van der Waals surface area contributed by atoms with Crippen molar-refractivity contribution < 1.29 is 17.9 Å². The van der Waals surface area contributed by atoms with Gasteiger partial charge in [-0.3, -0.25) is 4.79 Å². The van der Waals surface area contributed by atoms with E-state index < -0.39 is 15.6 Å². The largest absolute Gasteiger partial charge is 0.491 e. The summed E-state index contributed by atoms with van der Waals surface area (Å²) in [6.45, 7) is 3.37. The van der Waals surface area contributed by atoms with Crippen LogP contribution in [0.5, 0.6) is 5.75 Å². The van der Waals surface area contributed by atoms with Crippen LogP contribution < -0.4 is 9.46 Å². The number of rotatable bonds is 10. The van der Waals surface area contributed by atoms with Crippen molar-refractivity contribution in [2.24, 2.45) is 0 Å². The Hall–Kier alpha value is -2.69. The molecule has 2 aromatic carbocycles. The highest BCUT2D eigenvalue weighted by Gasteiger charge is 2.34. The van der Waals surface area contributed by atoms with Crippen LogP contribution in [0.3, 0.4) is 0 Å². The van der Waals surface area contributed by atoms with Gasteiger partial charge in [0.05, 0.1) is 11.8 Å². The number of nitrogens with one attached hydrogen (secondary N) is 1. The van der Waals surface area contributed by atoms with Crippen LogP contribution in [0.2, 0.25) is 0 Å². The van der Waals surface area contributed by atoms with E-state index in [0.717, 1.165) is 0 Å². The lowest BCUT2D eigenvalue weighted by Crippen LogP contribution is -2.51. The molecule has 0 saturated heterocycles. The van der Waals surface area contributed by atoms with Crippen molar-refractivity contribution in [3.8, 4) is 11.8 Å². The highest BCUT2D eigenvalue weighted by atomic mass is 32.2. The molecule has 1 N–H and O–H groups in total. The number of carbonyl (C=O) groups excluding carboxylic acids is 1. The highest BCUT2D eigenvalue weighted by molar-refractivity contribution is 7.88. The Balaban J connectivity index is 2.08. The lowest BCUT2D eigenvalue weighted by atomic mass is 10.0. The summed E-state index contributed by atoms with van der Waals surface area (Å²) in [7, 11) is -3.74. The maximum atomic E-state index is 12.5. The predicted molar refractivity (Wildman–Crippen MR) is 107 cm³/mol. The number of hydrogen-bond donors (Lipinski definition) is 1. The van der Waals surface area contributed by atoms with E-state index in [1.807, 2.05) is 12.1 Å². The molecule has 0 aliphatic carbocycles. The van der Waals surface area contributed by atoms with Gasteiger partial charge in [0.1, 0.15) is 12.4 Å². The molecule has 0 aliphatic heterocycles. The average Bonchev–Trinajstić information content (AvgIpc) is 2.71. The van der Waals surface area contributed by atoms with E-state index in [2.05, 4.69) is 4.72 Å². The number of hydrogen-bond acceptors (Lipinski definition) is 5. The minimum absolute atomic E-state index is 0.0279. The van der Waals surface area contributed by atoms with Gasteiger partial charge < -0.3 is 4.74 Å². The van der Waals surface area contributed by atoms with E-state index in [1.165, 1.54) is 0 Å². The van der Waals surface area contributed by atoms with Crippen LogP contribution in [-0.4, -0.2) is 26.3 Å². The smallest absolute Gasteiger partial charge is 0.217 e. The molecule has 2 rings (SSSR count). The Morgan fingerprint density at radius 1 is 1.11 bits per heavy atom. The van der Waals surface area contributed by atoms with Gasteiger partial charge in [-0.1, -0.05) is 44.2 Å². The first-order valence-corrected chi connectivity index (χ1v) is 10.7. The van der Waals surface area contributed by atoms with Crippen LogP contribution in [0.25, 0.3) is 0 Å². The number of nitriles is 1. The third-order valence-corrected chi connectivity index (χ3v) is 5.77. The van der Waals surface area contributed by atoms with E-state index in [-0.39, 0.29) is 24.6 Å². The Labute approximate surface area is 166 Å². The summed E-state index contributed by atoms with van der Waals surface area (Å²) in [6, 6.07) is 17.4.